The Hall–Kier alpha value is -1.66. The molecule has 126 valence electrons. The number of aliphatic hydroxyl groups is 1. The van der Waals surface area contributed by atoms with Crippen molar-refractivity contribution in [2.75, 3.05) is 0 Å². The standard InChI is InChI=1S/C17H24N2O4/c1-10-5-6-11(2)18(10)15-13-9-12(19(21)22)7-8-14(13)23-17(3,4)16(15)20/h7-11,15-16,20H,5-6H2,1-4H3/t10?,11?,15-,16+/m1/s1. The van der Waals surface area contributed by atoms with Gasteiger partial charge in [0.1, 0.15) is 17.5 Å². The third-order valence-electron chi connectivity index (χ3n) is 5.25. The van der Waals surface area contributed by atoms with Gasteiger partial charge in [0.2, 0.25) is 0 Å². The fraction of sp³-hybridized carbons (Fsp3) is 0.647. The van der Waals surface area contributed by atoms with E-state index in [9.17, 15) is 15.2 Å². The molecule has 1 aromatic rings. The van der Waals surface area contributed by atoms with Gasteiger partial charge in [-0.3, -0.25) is 15.0 Å². The van der Waals surface area contributed by atoms with Crippen molar-refractivity contribution >= 4 is 5.69 Å². The van der Waals surface area contributed by atoms with Crippen molar-refractivity contribution in [2.24, 2.45) is 0 Å². The Morgan fingerprint density at radius 1 is 1.30 bits per heavy atom. The molecule has 0 bridgehead atoms. The van der Waals surface area contributed by atoms with Gasteiger partial charge in [-0.25, -0.2) is 0 Å². The maximum absolute atomic E-state index is 11.1. The van der Waals surface area contributed by atoms with E-state index in [0.717, 1.165) is 12.8 Å². The molecule has 0 saturated carbocycles. The average Bonchev–Trinajstić information content (AvgIpc) is 2.79. The second-order valence-electron chi connectivity index (χ2n) is 7.30. The van der Waals surface area contributed by atoms with Gasteiger partial charge < -0.3 is 9.84 Å². The molecule has 4 atom stereocenters. The van der Waals surface area contributed by atoms with E-state index in [1.807, 2.05) is 13.8 Å². The van der Waals surface area contributed by atoms with Crippen molar-refractivity contribution in [3.63, 3.8) is 0 Å². The van der Waals surface area contributed by atoms with Crippen LogP contribution < -0.4 is 4.74 Å². The number of nitrogens with zero attached hydrogens (tertiary/aromatic N) is 2. The number of non-ortho nitro benzene ring substituents is 1. The second-order valence-corrected chi connectivity index (χ2v) is 7.30. The van der Waals surface area contributed by atoms with Crippen LogP contribution in [0.1, 0.15) is 52.1 Å². The highest BCUT2D eigenvalue weighted by atomic mass is 16.6. The number of likely N-dealkylation sites (tertiary alicyclic amines) is 1. The van der Waals surface area contributed by atoms with Gasteiger partial charge in [0.15, 0.2) is 0 Å². The molecule has 1 aromatic carbocycles. The van der Waals surface area contributed by atoms with E-state index in [0.29, 0.717) is 23.4 Å². The number of rotatable bonds is 2. The number of hydrogen-bond donors (Lipinski definition) is 1. The summed E-state index contributed by atoms with van der Waals surface area (Å²) in [6, 6.07) is 5.02. The van der Waals surface area contributed by atoms with E-state index in [1.165, 1.54) is 6.07 Å². The molecule has 23 heavy (non-hydrogen) atoms. The summed E-state index contributed by atoms with van der Waals surface area (Å²) >= 11 is 0. The second kappa shape index (κ2) is 5.46. The molecule has 2 aliphatic rings. The summed E-state index contributed by atoms with van der Waals surface area (Å²) in [4.78, 5) is 13.0. The van der Waals surface area contributed by atoms with Crippen LogP contribution in [-0.4, -0.2) is 38.7 Å². The number of hydrogen-bond acceptors (Lipinski definition) is 5. The van der Waals surface area contributed by atoms with Crippen LogP contribution in [0.25, 0.3) is 0 Å². The molecule has 6 heteroatoms. The van der Waals surface area contributed by atoms with Gasteiger partial charge in [-0.15, -0.1) is 0 Å². The molecule has 2 heterocycles. The summed E-state index contributed by atoms with van der Waals surface area (Å²) in [6.45, 7) is 8.02. The van der Waals surface area contributed by atoms with Crippen LogP contribution in [0.5, 0.6) is 5.75 Å². The lowest BCUT2D eigenvalue weighted by atomic mass is 9.84. The van der Waals surface area contributed by atoms with Crippen molar-refractivity contribution in [1.82, 2.24) is 4.90 Å². The Balaban J connectivity index is 2.13. The smallest absolute Gasteiger partial charge is 0.270 e. The largest absolute Gasteiger partial charge is 0.485 e. The molecule has 0 spiro atoms. The molecule has 6 nitrogen and oxygen atoms in total. The number of ether oxygens (including phenoxy) is 1. The average molecular weight is 320 g/mol. The molecular formula is C17H24N2O4. The summed E-state index contributed by atoms with van der Waals surface area (Å²) < 4.78 is 5.93. The summed E-state index contributed by atoms with van der Waals surface area (Å²) in [6.07, 6.45) is 1.38. The minimum absolute atomic E-state index is 0.0313. The lowest BCUT2D eigenvalue weighted by Gasteiger charge is -2.47. The van der Waals surface area contributed by atoms with Crippen molar-refractivity contribution in [1.29, 1.82) is 0 Å². The van der Waals surface area contributed by atoms with Crippen LogP contribution in [0.2, 0.25) is 0 Å². The quantitative estimate of drug-likeness (QED) is 0.669. The van der Waals surface area contributed by atoms with E-state index in [2.05, 4.69) is 18.7 Å². The van der Waals surface area contributed by atoms with Crippen LogP contribution in [0.4, 0.5) is 5.69 Å². The van der Waals surface area contributed by atoms with Gasteiger partial charge >= 0.3 is 0 Å². The Morgan fingerprint density at radius 2 is 1.91 bits per heavy atom. The lowest BCUT2D eigenvalue weighted by molar-refractivity contribution is -0.385. The van der Waals surface area contributed by atoms with E-state index < -0.39 is 16.6 Å². The first kappa shape index (κ1) is 16.2. The van der Waals surface area contributed by atoms with Crippen molar-refractivity contribution < 1.29 is 14.8 Å². The predicted molar refractivity (Wildman–Crippen MR) is 86.5 cm³/mol. The van der Waals surface area contributed by atoms with Crippen LogP contribution in [0, 0.1) is 10.1 Å². The molecule has 0 aromatic heterocycles. The zero-order chi connectivity index (χ0) is 16.9. The van der Waals surface area contributed by atoms with Crippen molar-refractivity contribution in [3.8, 4) is 5.75 Å². The van der Waals surface area contributed by atoms with Crippen LogP contribution in [-0.2, 0) is 0 Å². The molecule has 0 radical (unpaired) electrons. The third kappa shape index (κ3) is 2.60. The first-order valence-electron chi connectivity index (χ1n) is 8.15. The Labute approximate surface area is 136 Å². The number of nitro groups is 1. The molecule has 1 saturated heterocycles. The Morgan fingerprint density at radius 3 is 2.48 bits per heavy atom. The number of benzene rings is 1. The van der Waals surface area contributed by atoms with Crippen molar-refractivity contribution in [3.05, 3.63) is 33.9 Å². The van der Waals surface area contributed by atoms with Crippen LogP contribution >= 0.6 is 0 Å². The van der Waals surface area contributed by atoms with Crippen LogP contribution in [0.3, 0.4) is 0 Å². The summed E-state index contributed by atoms with van der Waals surface area (Å²) in [5.41, 5.74) is 0.00548. The molecule has 1 fully saturated rings. The van der Waals surface area contributed by atoms with Gasteiger partial charge in [0, 0.05) is 29.8 Å². The van der Waals surface area contributed by atoms with E-state index in [1.54, 1.807) is 12.1 Å². The molecular weight excluding hydrogens is 296 g/mol. The normalized spacial score (nSPS) is 33.1. The maximum atomic E-state index is 11.1. The molecule has 2 unspecified atom stereocenters. The Kier molecular flexibility index (Phi) is 3.84. The van der Waals surface area contributed by atoms with E-state index in [4.69, 9.17) is 4.74 Å². The highest BCUT2D eigenvalue weighted by molar-refractivity contribution is 5.48. The van der Waals surface area contributed by atoms with Gasteiger partial charge in [0.25, 0.3) is 5.69 Å². The zero-order valence-corrected chi connectivity index (χ0v) is 14.0. The SMILES string of the molecule is CC1CCC(C)N1[C@@H]1c2cc([N+](=O)[O-])ccc2OC(C)(C)[C@H]1O. The fourth-order valence-electron chi connectivity index (χ4n) is 3.95. The first-order chi connectivity index (χ1) is 10.7. The Bertz CT molecular complexity index is 621. The van der Waals surface area contributed by atoms with Crippen LogP contribution in [0.15, 0.2) is 18.2 Å². The number of nitro benzene ring substituents is 1. The number of fused-ring (bicyclic) bond motifs is 1. The lowest BCUT2D eigenvalue weighted by Crippen LogP contribution is -2.55. The molecule has 0 aliphatic carbocycles. The van der Waals surface area contributed by atoms with Gasteiger partial charge in [0.05, 0.1) is 11.0 Å². The summed E-state index contributed by atoms with van der Waals surface area (Å²) in [5, 5.41) is 22.1. The predicted octanol–water partition coefficient (Wildman–Crippen LogP) is 3.04. The van der Waals surface area contributed by atoms with Gasteiger partial charge in [-0.2, -0.15) is 0 Å². The van der Waals surface area contributed by atoms with Gasteiger partial charge in [-0.05, 0) is 46.6 Å². The monoisotopic (exact) mass is 320 g/mol. The first-order valence-corrected chi connectivity index (χ1v) is 8.15. The van der Waals surface area contributed by atoms with E-state index in [-0.39, 0.29) is 11.7 Å². The highest BCUT2D eigenvalue weighted by Gasteiger charge is 2.49. The maximum Gasteiger partial charge on any atom is 0.270 e. The molecule has 2 aliphatic heterocycles. The minimum atomic E-state index is -0.750. The topological polar surface area (TPSA) is 75.8 Å². The summed E-state index contributed by atoms with van der Waals surface area (Å²) in [5.74, 6) is 0.627. The summed E-state index contributed by atoms with van der Waals surface area (Å²) in [7, 11) is 0. The molecule has 1 N–H and O–H groups in total. The van der Waals surface area contributed by atoms with E-state index >= 15 is 0 Å². The zero-order valence-electron chi connectivity index (χ0n) is 14.0. The fourth-order valence-corrected chi connectivity index (χ4v) is 3.95. The van der Waals surface area contributed by atoms with Gasteiger partial charge in [-0.1, -0.05) is 0 Å². The molecule has 0 amide bonds. The van der Waals surface area contributed by atoms with Crippen molar-refractivity contribution in [2.45, 2.75) is 70.4 Å². The molecule has 3 rings (SSSR count). The highest BCUT2D eigenvalue weighted by Crippen LogP contribution is 2.47. The number of aliphatic hydroxyl groups excluding tert-OH is 1. The minimum Gasteiger partial charge on any atom is -0.485 e. The third-order valence-corrected chi connectivity index (χ3v) is 5.25.